The van der Waals surface area contributed by atoms with E-state index in [0.717, 1.165) is 16.9 Å². The molecule has 0 fully saturated rings. The second-order valence-corrected chi connectivity index (χ2v) is 9.54. The van der Waals surface area contributed by atoms with Gasteiger partial charge in [0, 0.05) is 22.8 Å². The molecule has 7 nitrogen and oxygen atoms in total. The van der Waals surface area contributed by atoms with E-state index in [2.05, 4.69) is 21.7 Å². The first kappa shape index (κ1) is 25.8. The quantitative estimate of drug-likeness (QED) is 0.193. The third kappa shape index (κ3) is 5.91. The molecule has 0 saturated heterocycles. The number of carbonyl (C=O) groups excluding carboxylic acids is 2. The summed E-state index contributed by atoms with van der Waals surface area (Å²) in [4.78, 5) is 30.5. The number of thiazole rings is 1. The van der Waals surface area contributed by atoms with Gasteiger partial charge >= 0.3 is 5.97 Å². The number of halogens is 1. The van der Waals surface area contributed by atoms with Gasteiger partial charge in [-0.25, -0.2) is 14.2 Å². The standard InChI is InChI=1S/C27H21FN4O3S2/c1-3-35-27(34)22-16(2)23(24(33)31-20-7-5-4-6-8-20)37-26(22)30-14-18(13-29)25-32-21(15-36-25)17-9-11-19(28)12-10-17/h4-12,14-15,30H,3H2,1-2H3,(H,31,33)/b18-14-. The van der Waals surface area contributed by atoms with Gasteiger partial charge in [0.15, 0.2) is 0 Å². The molecule has 0 unspecified atom stereocenters. The molecule has 2 aromatic heterocycles. The number of anilines is 2. The Hall–Kier alpha value is -4.33. The van der Waals surface area contributed by atoms with E-state index in [9.17, 15) is 19.2 Å². The van der Waals surface area contributed by atoms with Crippen molar-refractivity contribution >= 4 is 50.8 Å². The highest BCUT2D eigenvalue weighted by molar-refractivity contribution is 7.18. The Balaban J connectivity index is 1.63. The van der Waals surface area contributed by atoms with Crippen molar-refractivity contribution in [1.29, 1.82) is 5.26 Å². The highest BCUT2D eigenvalue weighted by atomic mass is 32.1. The Bertz CT molecular complexity index is 1500. The highest BCUT2D eigenvalue weighted by Crippen LogP contribution is 2.35. The van der Waals surface area contributed by atoms with Crippen LogP contribution in [0.5, 0.6) is 0 Å². The molecule has 0 aliphatic rings. The van der Waals surface area contributed by atoms with E-state index in [4.69, 9.17) is 4.74 Å². The molecule has 0 radical (unpaired) electrons. The van der Waals surface area contributed by atoms with Crippen LogP contribution in [0.15, 0.2) is 66.2 Å². The molecule has 0 bridgehead atoms. The fourth-order valence-corrected chi connectivity index (χ4v) is 5.27. The maximum atomic E-state index is 13.2. The lowest BCUT2D eigenvalue weighted by molar-refractivity contribution is 0.0527. The molecule has 37 heavy (non-hydrogen) atoms. The van der Waals surface area contributed by atoms with Crippen molar-refractivity contribution < 1.29 is 18.7 Å². The molecular weight excluding hydrogens is 511 g/mol. The monoisotopic (exact) mass is 532 g/mol. The van der Waals surface area contributed by atoms with Gasteiger partial charge in [0.05, 0.1) is 22.7 Å². The van der Waals surface area contributed by atoms with Gasteiger partial charge in [-0.2, -0.15) is 5.26 Å². The number of ether oxygens (including phenoxy) is 1. The van der Waals surface area contributed by atoms with Gasteiger partial charge in [-0.15, -0.1) is 22.7 Å². The fourth-order valence-electron chi connectivity index (χ4n) is 3.42. The van der Waals surface area contributed by atoms with E-state index in [1.165, 1.54) is 29.7 Å². The van der Waals surface area contributed by atoms with E-state index < -0.39 is 5.97 Å². The molecule has 0 atom stereocenters. The van der Waals surface area contributed by atoms with E-state index in [0.29, 0.717) is 31.8 Å². The lowest BCUT2D eigenvalue weighted by Gasteiger charge is -2.06. The molecule has 4 rings (SSSR count). The molecule has 1 amide bonds. The minimum Gasteiger partial charge on any atom is -0.462 e. The first-order valence-electron chi connectivity index (χ1n) is 11.2. The van der Waals surface area contributed by atoms with E-state index >= 15 is 0 Å². The summed E-state index contributed by atoms with van der Waals surface area (Å²) in [5.41, 5.74) is 2.89. The van der Waals surface area contributed by atoms with E-state index in [-0.39, 0.29) is 29.5 Å². The van der Waals surface area contributed by atoms with Crippen LogP contribution in [0.3, 0.4) is 0 Å². The number of rotatable bonds is 8. The summed E-state index contributed by atoms with van der Waals surface area (Å²) in [5, 5.41) is 18.2. The molecule has 0 aliphatic carbocycles. The van der Waals surface area contributed by atoms with Crippen molar-refractivity contribution in [3.05, 3.63) is 93.0 Å². The van der Waals surface area contributed by atoms with Crippen LogP contribution in [0.4, 0.5) is 15.1 Å². The second kappa shape index (κ2) is 11.6. The molecule has 0 aliphatic heterocycles. The number of amides is 1. The number of nitrogens with zero attached hydrogens (tertiary/aromatic N) is 2. The number of hydrogen-bond donors (Lipinski definition) is 2. The van der Waals surface area contributed by atoms with Crippen molar-refractivity contribution in [1.82, 2.24) is 4.98 Å². The number of nitriles is 1. The SMILES string of the molecule is CCOC(=O)c1c(N/C=C(/C#N)c2nc(-c3ccc(F)cc3)cs2)sc(C(=O)Nc2ccccc2)c1C. The minimum atomic E-state index is -0.572. The lowest BCUT2D eigenvalue weighted by Crippen LogP contribution is -2.12. The van der Waals surface area contributed by atoms with Gasteiger partial charge in [0.2, 0.25) is 0 Å². The highest BCUT2D eigenvalue weighted by Gasteiger charge is 2.25. The molecule has 2 N–H and O–H groups in total. The third-order valence-corrected chi connectivity index (χ3v) is 7.30. The molecule has 186 valence electrons. The summed E-state index contributed by atoms with van der Waals surface area (Å²) in [6.45, 7) is 3.55. The summed E-state index contributed by atoms with van der Waals surface area (Å²) < 4.78 is 18.5. The van der Waals surface area contributed by atoms with Gasteiger partial charge in [0.25, 0.3) is 5.91 Å². The molecule has 10 heteroatoms. The number of aromatic nitrogens is 1. The zero-order valence-electron chi connectivity index (χ0n) is 19.9. The van der Waals surface area contributed by atoms with Crippen molar-refractivity contribution in [2.24, 2.45) is 0 Å². The number of carbonyl (C=O) groups is 2. The second-order valence-electron chi connectivity index (χ2n) is 7.66. The third-order valence-electron chi connectivity index (χ3n) is 5.21. The van der Waals surface area contributed by atoms with E-state index in [1.807, 2.05) is 18.2 Å². The number of benzene rings is 2. The number of esters is 1. The van der Waals surface area contributed by atoms with Crippen LogP contribution in [0.2, 0.25) is 0 Å². The number of hydrogen-bond acceptors (Lipinski definition) is 8. The average Bonchev–Trinajstić information content (AvgIpc) is 3.51. The Morgan fingerprint density at radius 1 is 1.16 bits per heavy atom. The minimum absolute atomic E-state index is 0.170. The van der Waals surface area contributed by atoms with Crippen molar-refractivity contribution in [3.8, 4) is 17.3 Å². The summed E-state index contributed by atoms with van der Waals surface area (Å²) in [5.74, 6) is -1.28. The number of nitrogens with one attached hydrogen (secondary N) is 2. The Morgan fingerprint density at radius 3 is 2.57 bits per heavy atom. The molecule has 0 spiro atoms. The molecular formula is C27H21FN4O3S2. The van der Waals surface area contributed by atoms with Crippen molar-refractivity contribution in [3.63, 3.8) is 0 Å². The largest absolute Gasteiger partial charge is 0.462 e. The summed E-state index contributed by atoms with van der Waals surface area (Å²) in [6, 6.07) is 17.0. The number of thiophene rings is 1. The van der Waals surface area contributed by atoms with Gasteiger partial charge in [0.1, 0.15) is 27.5 Å². The molecule has 4 aromatic rings. The summed E-state index contributed by atoms with van der Waals surface area (Å²) in [6.07, 6.45) is 1.44. The molecule has 2 aromatic carbocycles. The fraction of sp³-hybridized carbons (Fsp3) is 0.111. The van der Waals surface area contributed by atoms with Crippen LogP contribution in [0.1, 0.15) is 37.5 Å². The number of para-hydroxylation sites is 1. The first-order chi connectivity index (χ1) is 17.9. The number of allylic oxidation sites excluding steroid dienone is 1. The predicted octanol–water partition coefficient (Wildman–Crippen LogP) is 6.72. The maximum absolute atomic E-state index is 13.2. The van der Waals surface area contributed by atoms with Gasteiger partial charge in [-0.3, -0.25) is 4.79 Å². The topological polar surface area (TPSA) is 104 Å². The van der Waals surface area contributed by atoms with E-state index in [1.54, 1.807) is 43.5 Å². The van der Waals surface area contributed by atoms with Crippen molar-refractivity contribution in [2.45, 2.75) is 13.8 Å². The summed E-state index contributed by atoms with van der Waals surface area (Å²) in [7, 11) is 0. The first-order valence-corrected chi connectivity index (χ1v) is 12.9. The zero-order valence-corrected chi connectivity index (χ0v) is 21.5. The smallest absolute Gasteiger partial charge is 0.341 e. The Labute approximate surface area is 220 Å². The van der Waals surface area contributed by atoms with Crippen LogP contribution >= 0.6 is 22.7 Å². The predicted molar refractivity (Wildman–Crippen MR) is 144 cm³/mol. The maximum Gasteiger partial charge on any atom is 0.341 e. The lowest BCUT2D eigenvalue weighted by atomic mass is 10.1. The zero-order chi connectivity index (χ0) is 26.4. The van der Waals surface area contributed by atoms with Gasteiger partial charge in [-0.1, -0.05) is 18.2 Å². The van der Waals surface area contributed by atoms with Gasteiger partial charge < -0.3 is 15.4 Å². The molecule has 0 saturated carbocycles. The molecule has 2 heterocycles. The average molecular weight is 533 g/mol. The Kier molecular flexibility index (Phi) is 8.08. The van der Waals surface area contributed by atoms with Crippen LogP contribution < -0.4 is 10.6 Å². The van der Waals surface area contributed by atoms with Crippen LogP contribution in [0.25, 0.3) is 16.8 Å². The van der Waals surface area contributed by atoms with Gasteiger partial charge in [-0.05, 0) is 55.8 Å². The van der Waals surface area contributed by atoms with Crippen molar-refractivity contribution in [2.75, 3.05) is 17.2 Å². The van der Waals surface area contributed by atoms with Crippen LogP contribution in [-0.4, -0.2) is 23.5 Å². The Morgan fingerprint density at radius 2 is 1.89 bits per heavy atom. The normalized spacial score (nSPS) is 11.0. The van der Waals surface area contributed by atoms with Crippen LogP contribution in [0, 0.1) is 24.1 Å². The van der Waals surface area contributed by atoms with Crippen LogP contribution in [-0.2, 0) is 4.74 Å². The summed E-state index contributed by atoms with van der Waals surface area (Å²) >= 11 is 2.35.